The topological polar surface area (TPSA) is 35.2 Å². The van der Waals surface area contributed by atoms with E-state index in [0.717, 1.165) is 12.8 Å². The van der Waals surface area contributed by atoms with E-state index in [1.54, 1.807) is 18.4 Å². The molecule has 0 saturated carbocycles. The van der Waals surface area contributed by atoms with Crippen LogP contribution in [0.3, 0.4) is 0 Å². The molecule has 3 heteroatoms. The van der Waals surface area contributed by atoms with E-state index in [1.165, 1.54) is 10.4 Å². The minimum atomic E-state index is 0.0196. The molecule has 0 radical (unpaired) electrons. The monoisotopic (exact) mass is 213 g/mol. The normalized spacial score (nSPS) is 15.4. The van der Waals surface area contributed by atoms with Gasteiger partial charge in [0.1, 0.15) is 0 Å². The summed E-state index contributed by atoms with van der Waals surface area (Å²) >= 11 is 1.74. The predicted molar refractivity (Wildman–Crippen MR) is 61.7 cm³/mol. The molecule has 1 rings (SSSR count). The third kappa shape index (κ3) is 2.56. The van der Waals surface area contributed by atoms with Gasteiger partial charge in [-0.25, -0.2) is 0 Å². The van der Waals surface area contributed by atoms with Gasteiger partial charge >= 0.3 is 0 Å². The summed E-state index contributed by atoms with van der Waals surface area (Å²) in [5.74, 6) is 0. The maximum atomic E-state index is 6.16. The zero-order chi connectivity index (χ0) is 10.6. The van der Waals surface area contributed by atoms with Crippen molar-refractivity contribution in [3.63, 3.8) is 0 Å². The van der Waals surface area contributed by atoms with E-state index in [4.69, 9.17) is 10.5 Å². The van der Waals surface area contributed by atoms with Crippen molar-refractivity contribution in [2.75, 3.05) is 7.11 Å². The molecule has 14 heavy (non-hydrogen) atoms. The molecule has 0 aliphatic heterocycles. The Bertz CT molecular complexity index is 272. The van der Waals surface area contributed by atoms with E-state index in [2.05, 4.69) is 25.3 Å². The number of nitrogens with two attached hydrogens (primary N) is 1. The van der Waals surface area contributed by atoms with Crippen molar-refractivity contribution in [2.24, 2.45) is 5.73 Å². The number of aryl methyl sites for hydroxylation is 1. The molecule has 2 atom stereocenters. The number of hydrogen-bond acceptors (Lipinski definition) is 3. The number of methoxy groups -OCH3 is 1. The smallest absolute Gasteiger partial charge is 0.0764 e. The molecule has 80 valence electrons. The molecule has 1 heterocycles. The Labute approximate surface area is 90.1 Å². The first kappa shape index (κ1) is 11.7. The second-order valence-corrected chi connectivity index (χ2v) is 4.64. The summed E-state index contributed by atoms with van der Waals surface area (Å²) in [4.78, 5) is 1.30. The lowest BCUT2D eigenvalue weighted by atomic mass is 10.00. The average Bonchev–Trinajstić information content (AvgIpc) is 2.59. The molecule has 2 unspecified atom stereocenters. The fourth-order valence-electron chi connectivity index (χ4n) is 1.67. The second kappa shape index (κ2) is 5.49. The van der Waals surface area contributed by atoms with Crippen LogP contribution in [0.1, 0.15) is 36.2 Å². The number of ether oxygens (including phenoxy) is 1. The van der Waals surface area contributed by atoms with Crippen LogP contribution in [0.25, 0.3) is 0 Å². The van der Waals surface area contributed by atoms with E-state index in [0.29, 0.717) is 0 Å². The Balaban J connectivity index is 2.72. The molecular formula is C11H19NOS. The first-order chi connectivity index (χ1) is 6.70. The molecule has 1 aromatic heterocycles. The molecular weight excluding hydrogens is 194 g/mol. The summed E-state index contributed by atoms with van der Waals surface area (Å²) in [7, 11) is 1.74. The molecule has 0 aliphatic carbocycles. The van der Waals surface area contributed by atoms with Crippen molar-refractivity contribution in [2.45, 2.75) is 38.8 Å². The maximum Gasteiger partial charge on any atom is 0.0764 e. The summed E-state index contributed by atoms with van der Waals surface area (Å²) in [5.41, 5.74) is 7.39. The Kier molecular flexibility index (Phi) is 4.58. The van der Waals surface area contributed by atoms with Crippen molar-refractivity contribution in [3.8, 4) is 0 Å². The Morgan fingerprint density at radius 1 is 1.57 bits per heavy atom. The first-order valence-electron chi connectivity index (χ1n) is 5.03. The highest BCUT2D eigenvalue weighted by Crippen LogP contribution is 2.26. The van der Waals surface area contributed by atoms with Gasteiger partial charge in [-0.3, -0.25) is 0 Å². The van der Waals surface area contributed by atoms with Gasteiger partial charge in [0.25, 0.3) is 0 Å². The highest BCUT2D eigenvalue weighted by molar-refractivity contribution is 7.10. The van der Waals surface area contributed by atoms with Crippen molar-refractivity contribution < 1.29 is 4.74 Å². The van der Waals surface area contributed by atoms with Crippen LogP contribution >= 0.6 is 11.3 Å². The molecule has 0 bridgehead atoms. The molecule has 0 fully saturated rings. The van der Waals surface area contributed by atoms with Crippen LogP contribution in [-0.4, -0.2) is 13.2 Å². The first-order valence-corrected chi connectivity index (χ1v) is 5.91. The lowest BCUT2D eigenvalue weighted by Crippen LogP contribution is -2.28. The van der Waals surface area contributed by atoms with E-state index in [1.807, 2.05) is 0 Å². The van der Waals surface area contributed by atoms with E-state index < -0.39 is 0 Å². The zero-order valence-corrected chi connectivity index (χ0v) is 9.93. The quantitative estimate of drug-likeness (QED) is 0.816. The summed E-state index contributed by atoms with van der Waals surface area (Å²) in [6, 6.07) is 2.12. The van der Waals surface area contributed by atoms with Gasteiger partial charge in [-0.15, -0.1) is 11.3 Å². The minimum absolute atomic E-state index is 0.0196. The van der Waals surface area contributed by atoms with Crippen molar-refractivity contribution in [1.82, 2.24) is 0 Å². The van der Waals surface area contributed by atoms with Crippen LogP contribution in [0, 0.1) is 6.92 Å². The Morgan fingerprint density at radius 2 is 2.29 bits per heavy atom. The van der Waals surface area contributed by atoms with E-state index in [9.17, 15) is 0 Å². The van der Waals surface area contributed by atoms with Crippen LogP contribution < -0.4 is 5.73 Å². The Morgan fingerprint density at radius 3 is 2.71 bits per heavy atom. The molecule has 1 aromatic rings. The number of rotatable bonds is 5. The summed E-state index contributed by atoms with van der Waals surface area (Å²) in [5, 5.41) is 2.09. The third-order valence-corrected chi connectivity index (χ3v) is 3.40. The fourth-order valence-corrected chi connectivity index (χ4v) is 2.43. The molecule has 0 saturated heterocycles. The van der Waals surface area contributed by atoms with Crippen LogP contribution in [0.4, 0.5) is 0 Å². The second-order valence-electron chi connectivity index (χ2n) is 3.52. The van der Waals surface area contributed by atoms with Gasteiger partial charge in [-0.05, 0) is 30.4 Å². The van der Waals surface area contributed by atoms with Gasteiger partial charge in [0, 0.05) is 12.0 Å². The van der Waals surface area contributed by atoms with Gasteiger partial charge < -0.3 is 10.5 Å². The third-order valence-electron chi connectivity index (χ3n) is 2.53. The van der Waals surface area contributed by atoms with E-state index in [-0.39, 0.29) is 12.1 Å². The van der Waals surface area contributed by atoms with Crippen LogP contribution in [-0.2, 0) is 4.74 Å². The highest BCUT2D eigenvalue weighted by Gasteiger charge is 2.20. The largest absolute Gasteiger partial charge is 0.379 e. The molecule has 0 spiro atoms. The molecule has 2 nitrogen and oxygen atoms in total. The molecule has 0 aromatic carbocycles. The van der Waals surface area contributed by atoms with Gasteiger partial charge in [0.15, 0.2) is 0 Å². The van der Waals surface area contributed by atoms with Gasteiger partial charge in [0.05, 0.1) is 12.1 Å². The predicted octanol–water partition coefficient (Wildman–Crippen LogP) is 2.87. The van der Waals surface area contributed by atoms with Crippen molar-refractivity contribution in [1.29, 1.82) is 0 Å². The zero-order valence-electron chi connectivity index (χ0n) is 9.12. The maximum absolute atomic E-state index is 6.16. The van der Waals surface area contributed by atoms with Crippen LogP contribution in [0.15, 0.2) is 11.4 Å². The standard InChI is InChI=1S/C11H19NOS/c1-4-5-10(13-3)11(12)9-6-7-14-8(9)2/h6-7,10-11H,4-5,12H2,1-3H3. The SMILES string of the molecule is CCCC(OC)C(N)c1ccsc1C. The van der Waals surface area contributed by atoms with Crippen LogP contribution in [0.5, 0.6) is 0 Å². The fraction of sp³-hybridized carbons (Fsp3) is 0.636. The van der Waals surface area contributed by atoms with Crippen molar-refractivity contribution >= 4 is 11.3 Å². The van der Waals surface area contributed by atoms with Crippen LogP contribution in [0.2, 0.25) is 0 Å². The molecule has 0 amide bonds. The van der Waals surface area contributed by atoms with Gasteiger partial charge in [-0.2, -0.15) is 0 Å². The number of thiophene rings is 1. The molecule has 2 N–H and O–H groups in total. The minimum Gasteiger partial charge on any atom is -0.379 e. The number of hydrogen-bond donors (Lipinski definition) is 1. The van der Waals surface area contributed by atoms with E-state index >= 15 is 0 Å². The van der Waals surface area contributed by atoms with Gasteiger partial charge in [0.2, 0.25) is 0 Å². The molecule has 0 aliphatic rings. The highest BCUT2D eigenvalue weighted by atomic mass is 32.1. The summed E-state index contributed by atoms with van der Waals surface area (Å²) < 4.78 is 5.41. The lowest BCUT2D eigenvalue weighted by Gasteiger charge is -2.22. The Hall–Kier alpha value is -0.380. The van der Waals surface area contributed by atoms with Crippen molar-refractivity contribution in [3.05, 3.63) is 21.9 Å². The van der Waals surface area contributed by atoms with Gasteiger partial charge in [-0.1, -0.05) is 13.3 Å². The summed E-state index contributed by atoms with van der Waals surface area (Å²) in [6.07, 6.45) is 2.27. The summed E-state index contributed by atoms with van der Waals surface area (Å²) in [6.45, 7) is 4.26. The lowest BCUT2D eigenvalue weighted by molar-refractivity contribution is 0.0725. The average molecular weight is 213 g/mol.